The number of benzene rings is 3. The van der Waals surface area contributed by atoms with Gasteiger partial charge in [-0.3, -0.25) is 0 Å². The Hall–Kier alpha value is -2.45. The Balaban J connectivity index is 2.09. The summed E-state index contributed by atoms with van der Waals surface area (Å²) in [4.78, 5) is 3.25. The third kappa shape index (κ3) is 1.96. The molecular weight excluding hydrogens is 294 g/mol. The highest BCUT2D eigenvalue weighted by atomic mass is 35.5. The molecular formula is C19H14ClNO. The predicted octanol–water partition coefficient (Wildman–Crippen LogP) is 5.65. The maximum atomic E-state index is 8.19. The number of H-pyrrole nitrogens is 1. The lowest BCUT2D eigenvalue weighted by molar-refractivity contribution is 0.420. The lowest BCUT2D eigenvalue weighted by atomic mass is 10.0. The summed E-state index contributed by atoms with van der Waals surface area (Å²) < 4.78 is 45.4. The summed E-state index contributed by atoms with van der Waals surface area (Å²) in [5, 5.41) is 2.13. The minimum absolute atomic E-state index is 0.165. The van der Waals surface area contributed by atoms with Gasteiger partial charge in [0.15, 0.2) is 0 Å². The van der Waals surface area contributed by atoms with Crippen LogP contribution in [0.3, 0.4) is 0 Å². The van der Waals surface area contributed by atoms with Gasteiger partial charge >= 0.3 is 0 Å². The van der Waals surface area contributed by atoms with Crippen LogP contribution in [0.15, 0.2) is 60.5 Å². The standard InChI is InChI=1S/C19H14ClNO/c1-22-17-10-8-15(20)19-18(17)14-11-13(7-9-16(14)21-19)12-5-3-2-4-6-12/h2-11,21H,1H3/i2D,3D,4D,5D,6D. The number of aromatic nitrogens is 1. The molecule has 4 aromatic rings. The summed E-state index contributed by atoms with van der Waals surface area (Å²) in [6, 6.07) is 7.26. The van der Waals surface area contributed by atoms with Crippen LogP contribution in [-0.4, -0.2) is 12.1 Å². The number of rotatable bonds is 2. The van der Waals surface area contributed by atoms with E-state index in [9.17, 15) is 0 Å². The minimum atomic E-state index is -0.407. The molecule has 22 heavy (non-hydrogen) atoms. The Morgan fingerprint density at radius 1 is 1.05 bits per heavy atom. The molecule has 0 saturated heterocycles. The van der Waals surface area contributed by atoms with E-state index < -0.39 is 6.04 Å². The van der Waals surface area contributed by atoms with Crippen molar-refractivity contribution < 1.29 is 11.6 Å². The van der Waals surface area contributed by atoms with Crippen molar-refractivity contribution in [3.05, 3.63) is 65.6 Å². The van der Waals surface area contributed by atoms with Crippen molar-refractivity contribution in [2.24, 2.45) is 0 Å². The maximum Gasteiger partial charge on any atom is 0.128 e. The molecule has 1 heterocycles. The van der Waals surface area contributed by atoms with Crippen molar-refractivity contribution >= 4 is 33.4 Å². The molecule has 0 unspecified atom stereocenters. The zero-order chi connectivity index (χ0) is 19.5. The zero-order valence-corrected chi connectivity index (χ0v) is 12.4. The Morgan fingerprint density at radius 2 is 1.86 bits per heavy atom. The van der Waals surface area contributed by atoms with Gasteiger partial charge in [-0.25, -0.2) is 0 Å². The number of ether oxygens (including phenoxy) is 1. The average Bonchev–Trinajstić information content (AvgIpc) is 3.05. The van der Waals surface area contributed by atoms with Crippen LogP contribution in [0.1, 0.15) is 6.85 Å². The van der Waals surface area contributed by atoms with Gasteiger partial charge in [0, 0.05) is 10.9 Å². The van der Waals surface area contributed by atoms with Gasteiger partial charge in [0.25, 0.3) is 0 Å². The third-order valence-corrected chi connectivity index (χ3v) is 3.99. The van der Waals surface area contributed by atoms with Crippen LogP contribution in [0.25, 0.3) is 32.9 Å². The van der Waals surface area contributed by atoms with E-state index >= 15 is 0 Å². The number of hydrogen-bond donors (Lipinski definition) is 1. The van der Waals surface area contributed by atoms with Crippen molar-refractivity contribution in [2.45, 2.75) is 0 Å². The highest BCUT2D eigenvalue weighted by molar-refractivity contribution is 6.36. The molecule has 0 aliphatic rings. The van der Waals surface area contributed by atoms with Crippen LogP contribution >= 0.6 is 11.6 Å². The number of halogens is 1. The molecule has 0 atom stereocenters. The van der Waals surface area contributed by atoms with Crippen LogP contribution in [0.4, 0.5) is 0 Å². The van der Waals surface area contributed by atoms with Gasteiger partial charge in [-0.15, -0.1) is 0 Å². The lowest BCUT2D eigenvalue weighted by Crippen LogP contribution is -1.84. The smallest absolute Gasteiger partial charge is 0.128 e. The van der Waals surface area contributed by atoms with E-state index in [1.165, 1.54) is 0 Å². The summed E-state index contributed by atoms with van der Waals surface area (Å²) in [7, 11) is 1.57. The van der Waals surface area contributed by atoms with Gasteiger partial charge < -0.3 is 9.72 Å². The first-order valence-electron chi connectivity index (χ1n) is 9.20. The molecule has 4 rings (SSSR count). The first-order valence-corrected chi connectivity index (χ1v) is 7.08. The molecule has 3 heteroatoms. The Bertz CT molecular complexity index is 1210. The summed E-state index contributed by atoms with van der Waals surface area (Å²) in [5.41, 5.74) is 2.23. The van der Waals surface area contributed by atoms with Gasteiger partial charge in [-0.05, 0) is 35.4 Å². The number of hydrogen-bond acceptors (Lipinski definition) is 1. The van der Waals surface area contributed by atoms with Crippen molar-refractivity contribution in [1.29, 1.82) is 0 Å². The fraction of sp³-hybridized carbons (Fsp3) is 0.0526. The molecule has 0 radical (unpaired) electrons. The molecule has 0 amide bonds. The van der Waals surface area contributed by atoms with Gasteiger partial charge in [0.2, 0.25) is 0 Å². The zero-order valence-electron chi connectivity index (χ0n) is 16.7. The molecule has 108 valence electrons. The van der Waals surface area contributed by atoms with Crippen molar-refractivity contribution in [3.8, 4) is 16.9 Å². The monoisotopic (exact) mass is 312 g/mol. The van der Waals surface area contributed by atoms with Crippen LogP contribution in [0.5, 0.6) is 5.75 Å². The Kier molecular flexibility index (Phi) is 2.04. The van der Waals surface area contributed by atoms with Crippen LogP contribution in [0.2, 0.25) is 5.02 Å². The molecule has 0 bridgehead atoms. The molecule has 1 aromatic heterocycles. The fourth-order valence-corrected chi connectivity index (χ4v) is 2.87. The normalized spacial score (nSPS) is 14.4. The van der Waals surface area contributed by atoms with Gasteiger partial charge in [0.1, 0.15) is 5.75 Å². The second-order valence-corrected chi connectivity index (χ2v) is 5.29. The van der Waals surface area contributed by atoms with E-state index in [0.717, 1.165) is 21.8 Å². The highest BCUT2D eigenvalue weighted by Crippen LogP contribution is 2.38. The van der Waals surface area contributed by atoms with E-state index in [1.54, 1.807) is 37.4 Å². The first-order chi connectivity index (χ1) is 12.8. The minimum Gasteiger partial charge on any atom is -0.496 e. The summed E-state index contributed by atoms with van der Waals surface area (Å²) in [6.07, 6.45) is 0. The van der Waals surface area contributed by atoms with Gasteiger partial charge in [-0.1, -0.05) is 47.9 Å². The number of nitrogens with one attached hydrogen (secondary N) is 1. The van der Waals surface area contributed by atoms with E-state index in [2.05, 4.69) is 4.98 Å². The summed E-state index contributed by atoms with van der Waals surface area (Å²) >= 11 is 6.31. The summed E-state index contributed by atoms with van der Waals surface area (Å²) in [5.74, 6) is 0.638. The first kappa shape index (κ1) is 8.86. The predicted molar refractivity (Wildman–Crippen MR) is 92.8 cm³/mol. The van der Waals surface area contributed by atoms with Gasteiger partial charge in [-0.2, -0.15) is 0 Å². The summed E-state index contributed by atoms with van der Waals surface area (Å²) in [6.45, 7) is 0. The number of aromatic amines is 1. The molecule has 3 aromatic carbocycles. The molecule has 1 N–H and O–H groups in total. The second-order valence-electron chi connectivity index (χ2n) is 4.89. The van der Waals surface area contributed by atoms with E-state index in [-0.39, 0.29) is 29.7 Å². The van der Waals surface area contributed by atoms with E-state index in [4.69, 9.17) is 23.2 Å². The molecule has 0 fully saturated rings. The maximum absolute atomic E-state index is 8.19. The number of methoxy groups -OCH3 is 1. The molecule has 0 aliphatic carbocycles. The van der Waals surface area contributed by atoms with Gasteiger partial charge in [0.05, 0.1) is 29.9 Å². The van der Waals surface area contributed by atoms with Crippen LogP contribution in [-0.2, 0) is 0 Å². The van der Waals surface area contributed by atoms with Crippen molar-refractivity contribution in [2.75, 3.05) is 7.11 Å². The average molecular weight is 313 g/mol. The number of fused-ring (bicyclic) bond motifs is 3. The fourth-order valence-electron chi connectivity index (χ4n) is 2.66. The van der Waals surface area contributed by atoms with Crippen molar-refractivity contribution in [3.63, 3.8) is 0 Å². The van der Waals surface area contributed by atoms with Crippen LogP contribution in [0, 0.1) is 0 Å². The third-order valence-electron chi connectivity index (χ3n) is 3.67. The molecule has 0 spiro atoms. The second kappa shape index (κ2) is 5.08. The highest BCUT2D eigenvalue weighted by Gasteiger charge is 2.13. The van der Waals surface area contributed by atoms with Crippen LogP contribution < -0.4 is 4.74 Å². The molecule has 0 saturated carbocycles. The van der Waals surface area contributed by atoms with E-state index in [1.807, 2.05) is 0 Å². The SMILES string of the molecule is [2H]c1c([2H])c([2H])c(-c2ccc3[nH]c4c(Cl)ccc(OC)c4c3c2)c([2H])c1[2H]. The Labute approximate surface area is 140 Å². The van der Waals surface area contributed by atoms with Crippen molar-refractivity contribution in [1.82, 2.24) is 4.98 Å². The quantitative estimate of drug-likeness (QED) is 0.508. The molecule has 0 aliphatic heterocycles. The van der Waals surface area contributed by atoms with E-state index in [0.29, 0.717) is 16.3 Å². The largest absolute Gasteiger partial charge is 0.496 e. The Morgan fingerprint density at radius 3 is 2.64 bits per heavy atom. The molecule has 2 nitrogen and oxygen atoms in total. The lowest BCUT2D eigenvalue weighted by Gasteiger charge is -2.04. The topological polar surface area (TPSA) is 25.0 Å².